The molecule has 19 atom stereocenters. The van der Waals surface area contributed by atoms with Crippen molar-refractivity contribution in [2.45, 2.75) is 215 Å². The number of aromatic nitrogens is 2. The molecule has 2 saturated heterocycles. The van der Waals surface area contributed by atoms with Crippen LogP contribution in [0.4, 0.5) is 11.4 Å². The number of aliphatic hydroxyl groups is 10. The van der Waals surface area contributed by atoms with Gasteiger partial charge in [0, 0.05) is 57.2 Å². The number of anilines is 1. The summed E-state index contributed by atoms with van der Waals surface area (Å²) in [5, 5.41) is 143. The van der Waals surface area contributed by atoms with Crippen molar-refractivity contribution in [1.29, 1.82) is 0 Å². The lowest BCUT2D eigenvalue weighted by Gasteiger charge is -2.45. The first-order chi connectivity index (χ1) is 40.8. The summed E-state index contributed by atoms with van der Waals surface area (Å²) in [6.07, 6.45) is 1.75. The first-order valence-electron chi connectivity index (χ1n) is 29.4. The van der Waals surface area contributed by atoms with Crippen LogP contribution in [0.15, 0.2) is 89.7 Å². The van der Waals surface area contributed by atoms with Crippen LogP contribution in [0.3, 0.4) is 0 Å². The highest BCUT2D eigenvalue weighted by atomic mass is 16.7. The molecule has 4 heterocycles. The van der Waals surface area contributed by atoms with Gasteiger partial charge in [-0.25, -0.2) is 4.63 Å². The number of allylic oxidation sites excluding steroid dienone is 10. The van der Waals surface area contributed by atoms with Crippen LogP contribution < -0.4 is 10.2 Å². The van der Waals surface area contributed by atoms with Gasteiger partial charge in [-0.2, -0.15) is 0 Å². The number of nitrogens with zero attached hydrogens (tertiary/aromatic N) is 4. The molecule has 26 heteroatoms. The number of unbranched alkanes of at least 4 members (excludes halogenated alkanes) is 2. The molecule has 1 aromatic heterocycles. The summed E-state index contributed by atoms with van der Waals surface area (Å²) in [6.45, 7) is 7.20. The Kier molecular flexibility index (Phi) is 28.6. The summed E-state index contributed by atoms with van der Waals surface area (Å²) in [4.78, 5) is 51.6. The zero-order valence-electron chi connectivity index (χ0n) is 49.4. The maximum absolute atomic E-state index is 13.4. The van der Waals surface area contributed by atoms with Crippen LogP contribution in [0.2, 0.25) is 0 Å². The molecule has 5 rings (SSSR count). The number of hydrogen-bond donors (Lipinski definition) is 12. The van der Waals surface area contributed by atoms with Gasteiger partial charge in [-0.3, -0.25) is 24.5 Å². The highest BCUT2D eigenvalue weighted by molar-refractivity contribution is 5.93. The number of carbonyl (C=O) groups excluding carboxylic acids is 2. The number of hydrogen-bond acceptors (Lipinski definition) is 23. The Bertz CT molecular complexity index is 2650. The molecule has 0 spiro atoms. The molecule has 0 radical (unpaired) electrons. The normalized spacial score (nSPS) is 37.0. The molecule has 0 aliphatic carbocycles. The largest absolute Gasteiger partial charge is 0.481 e. The SMILES string of the molecule is CC1/C=C/C=C/CC/C=C/C=C/C=C/C=C/C(OC2OC(C)C(O)C(NC(=O)CCCCCN(C)c3ccc([N+](=O)[O-])c4nonc34)C2O)CC2OC(O)(CC(O)C(O)CCC(O)CC(O)CC(O)CC(=O)OC(C)C(C)C1O)CC(O)C2C(=O)O. The van der Waals surface area contributed by atoms with Gasteiger partial charge in [0.25, 0.3) is 0 Å². The molecule has 1 aromatic carbocycles. The molecule has 12 N–H and O–H groups in total. The van der Waals surface area contributed by atoms with E-state index in [0.717, 1.165) is 6.42 Å². The van der Waals surface area contributed by atoms with E-state index in [-0.39, 0.29) is 54.7 Å². The lowest BCUT2D eigenvalue weighted by Crippen LogP contribution is -2.64. The van der Waals surface area contributed by atoms with Crippen molar-refractivity contribution in [3.05, 3.63) is 95.2 Å². The predicted molar refractivity (Wildman–Crippen MR) is 311 cm³/mol. The molecule has 2 bridgehead atoms. The van der Waals surface area contributed by atoms with E-state index in [1.54, 1.807) is 57.3 Å². The Balaban J connectivity index is 1.29. The molecule has 86 heavy (non-hydrogen) atoms. The molecule has 3 aliphatic rings. The van der Waals surface area contributed by atoms with Crippen molar-refractivity contribution in [3.8, 4) is 0 Å². The van der Waals surface area contributed by atoms with Crippen LogP contribution in [0, 0.1) is 27.9 Å². The summed E-state index contributed by atoms with van der Waals surface area (Å²) >= 11 is 0. The Hall–Kier alpha value is -5.85. The molecule has 26 nitrogen and oxygen atoms in total. The van der Waals surface area contributed by atoms with Gasteiger partial charge in [-0.1, -0.05) is 93.2 Å². The fourth-order valence-electron chi connectivity index (χ4n) is 10.7. The van der Waals surface area contributed by atoms with Gasteiger partial charge in [0.05, 0.1) is 84.1 Å². The second-order valence-electron chi connectivity index (χ2n) is 22.9. The van der Waals surface area contributed by atoms with Gasteiger partial charge in [0.2, 0.25) is 11.4 Å². The number of ether oxygens (including phenoxy) is 4. The lowest BCUT2D eigenvalue weighted by molar-refractivity contribution is -0.383. The third kappa shape index (κ3) is 21.8. The van der Waals surface area contributed by atoms with Crippen LogP contribution >= 0.6 is 0 Å². The summed E-state index contributed by atoms with van der Waals surface area (Å²) < 4.78 is 28.5. The standard InChI is InChI=1S/C60H89N5O21/c1-35-21-17-14-12-10-8-6-7-9-11-13-15-18-22-42(84-59-57(76)54(56(75)38(4)83-59)61-49(72)23-19-16-20-28-64(5)43-25-26-44(65(80)81)53-52(43)62-86-63-53)32-48-51(58(77)78)47(71)34-60(79,85-48)33-46(70)45(69)27-24-39(66)29-40(67)30-41(68)31-50(73)82-37(3)36(2)55(35)74/h6-7,9,11-15,17-18,21-22,25-26,35-42,45-48,51,54-57,59,66-71,74-76,79H,8,10,16,19-20,23-24,27-34H2,1-5H3,(H,61,72)(H,77,78)/b7-6+,11-9+,14-12+,15-13+,21-17+,22-18+. The zero-order valence-corrected chi connectivity index (χ0v) is 49.4. The number of cyclic esters (lactones) is 1. The number of nitro benzene ring substituents is 1. The Morgan fingerprint density at radius 1 is 0.756 bits per heavy atom. The van der Waals surface area contributed by atoms with Crippen LogP contribution in [0.5, 0.6) is 0 Å². The number of rotatable bonds is 12. The van der Waals surface area contributed by atoms with E-state index in [0.29, 0.717) is 37.9 Å². The second kappa shape index (κ2) is 34.6. The van der Waals surface area contributed by atoms with E-state index in [4.69, 9.17) is 23.6 Å². The first-order valence-corrected chi connectivity index (χ1v) is 29.4. The number of aliphatic carboxylic acids is 1. The van der Waals surface area contributed by atoms with Crippen molar-refractivity contribution < 1.29 is 99.1 Å². The minimum absolute atomic E-state index is 0.00405. The van der Waals surface area contributed by atoms with E-state index in [2.05, 4.69) is 15.6 Å². The quantitative estimate of drug-likeness (QED) is 0.0628. The number of esters is 1. The molecule has 2 aromatic rings. The fourth-order valence-corrected chi connectivity index (χ4v) is 10.7. The number of amides is 1. The van der Waals surface area contributed by atoms with Gasteiger partial charge in [0.1, 0.15) is 24.2 Å². The molecular weight excluding hydrogens is 1130 g/mol. The fraction of sp³-hybridized carbons (Fsp3) is 0.650. The number of fused-ring (bicyclic) bond motifs is 3. The number of nitro groups is 1. The average Bonchev–Trinajstić information content (AvgIpc) is 2.65. The summed E-state index contributed by atoms with van der Waals surface area (Å²) in [6, 6.07) is 1.56. The van der Waals surface area contributed by atoms with Gasteiger partial charge in [-0.15, -0.1) is 0 Å². The van der Waals surface area contributed by atoms with Gasteiger partial charge in [0.15, 0.2) is 17.6 Å². The minimum Gasteiger partial charge on any atom is -0.481 e. The Labute approximate surface area is 499 Å². The van der Waals surface area contributed by atoms with Crippen LogP contribution in [0.1, 0.15) is 118 Å². The molecule has 3 aliphatic heterocycles. The molecule has 19 unspecified atom stereocenters. The van der Waals surface area contributed by atoms with E-state index in [9.17, 15) is 80.7 Å². The van der Waals surface area contributed by atoms with Gasteiger partial charge < -0.3 is 85.3 Å². The number of benzene rings is 1. The molecule has 2 fully saturated rings. The van der Waals surface area contributed by atoms with E-state index in [1.807, 2.05) is 48.3 Å². The Morgan fingerprint density at radius 2 is 1.40 bits per heavy atom. The second-order valence-corrected chi connectivity index (χ2v) is 22.9. The average molecular weight is 1220 g/mol. The van der Waals surface area contributed by atoms with Crippen molar-refractivity contribution in [2.24, 2.45) is 17.8 Å². The number of non-ortho nitro benzene ring substituents is 1. The summed E-state index contributed by atoms with van der Waals surface area (Å²) in [5.74, 6) is -7.62. The number of aliphatic hydroxyl groups excluding tert-OH is 9. The summed E-state index contributed by atoms with van der Waals surface area (Å²) in [5.41, 5.74) is 0.568. The Morgan fingerprint density at radius 3 is 2.09 bits per heavy atom. The highest BCUT2D eigenvalue weighted by Crippen LogP contribution is 2.39. The smallest absolute Gasteiger partial charge is 0.311 e. The van der Waals surface area contributed by atoms with E-state index < -0.39 is 158 Å². The van der Waals surface area contributed by atoms with Gasteiger partial charge in [-0.05, 0) is 81.6 Å². The third-order valence-electron chi connectivity index (χ3n) is 15.9. The molecule has 0 saturated carbocycles. The van der Waals surface area contributed by atoms with E-state index >= 15 is 0 Å². The zero-order chi connectivity index (χ0) is 63.3. The summed E-state index contributed by atoms with van der Waals surface area (Å²) in [7, 11) is 1.77. The number of nitrogens with one attached hydrogen (secondary N) is 1. The molecule has 480 valence electrons. The van der Waals surface area contributed by atoms with Crippen LogP contribution in [-0.4, -0.2) is 200 Å². The molecular formula is C60H89N5O21. The van der Waals surface area contributed by atoms with Crippen LogP contribution in [0.25, 0.3) is 11.0 Å². The van der Waals surface area contributed by atoms with Crippen molar-refractivity contribution in [3.63, 3.8) is 0 Å². The topological polar surface area (TPSA) is 408 Å². The predicted octanol–water partition coefficient (Wildman–Crippen LogP) is 3.23. The lowest BCUT2D eigenvalue weighted by atomic mass is 9.82. The number of carboxylic acid groups (broad SMARTS) is 1. The van der Waals surface area contributed by atoms with Crippen molar-refractivity contribution >= 4 is 40.3 Å². The highest BCUT2D eigenvalue weighted by Gasteiger charge is 2.51. The minimum atomic E-state index is -2.44. The van der Waals surface area contributed by atoms with Gasteiger partial charge >= 0.3 is 17.6 Å². The monoisotopic (exact) mass is 1220 g/mol. The first kappa shape index (κ1) is 70.9. The van der Waals surface area contributed by atoms with Crippen molar-refractivity contribution in [2.75, 3.05) is 18.5 Å². The van der Waals surface area contributed by atoms with E-state index in [1.165, 1.54) is 19.1 Å². The van der Waals surface area contributed by atoms with Crippen molar-refractivity contribution in [1.82, 2.24) is 15.6 Å². The maximum Gasteiger partial charge on any atom is 0.311 e. The maximum atomic E-state index is 13.4. The molecule has 1 amide bonds. The van der Waals surface area contributed by atoms with Crippen LogP contribution in [-0.2, 0) is 33.3 Å². The number of carbonyl (C=O) groups is 3. The third-order valence-corrected chi connectivity index (χ3v) is 15.9. The number of carboxylic acids is 1.